The van der Waals surface area contributed by atoms with Crippen LogP contribution in [-0.2, 0) is 11.9 Å². The molecule has 0 spiro atoms. The van der Waals surface area contributed by atoms with Crippen LogP contribution in [0.5, 0.6) is 11.6 Å². The molecule has 0 aliphatic heterocycles. The van der Waals surface area contributed by atoms with Crippen LogP contribution in [0.4, 0.5) is 4.39 Å². The third-order valence-corrected chi connectivity index (χ3v) is 2.78. The van der Waals surface area contributed by atoms with Gasteiger partial charge in [-0.3, -0.25) is 0 Å². The monoisotopic (exact) mass is 313 g/mol. The zero-order valence-corrected chi connectivity index (χ0v) is 13.1. The number of hydrogen-bond donors (Lipinski definition) is 0. The highest BCUT2D eigenvalue weighted by Gasteiger charge is 2.14. The fourth-order valence-corrected chi connectivity index (χ4v) is 1.78. The number of benzene rings is 1. The molecule has 0 unspecified atom stereocenters. The van der Waals surface area contributed by atoms with E-state index in [2.05, 4.69) is 22.3 Å². The number of ether oxygens (including phenoxy) is 1. The first-order valence-electron chi connectivity index (χ1n) is 6.86. The van der Waals surface area contributed by atoms with Gasteiger partial charge in [-0.15, -0.1) is 0 Å². The third kappa shape index (κ3) is 4.71. The second kappa shape index (κ2) is 7.80. The fourth-order valence-electron chi connectivity index (χ4n) is 1.78. The maximum absolute atomic E-state index is 12.4. The van der Waals surface area contributed by atoms with Crippen molar-refractivity contribution in [2.45, 2.75) is 13.8 Å². The average molecular weight is 313 g/mol. The molecule has 1 aromatic heterocycles. The highest BCUT2D eigenvalue weighted by Crippen LogP contribution is 2.25. The minimum Gasteiger partial charge on any atom is -0.439 e. The minimum atomic E-state index is -0.397. The van der Waals surface area contributed by atoms with Crippen LogP contribution in [0, 0.1) is 19.0 Å². The van der Waals surface area contributed by atoms with Gasteiger partial charge in [-0.2, -0.15) is 5.10 Å². The Labute approximate surface area is 134 Å². The van der Waals surface area contributed by atoms with Crippen molar-refractivity contribution in [3.63, 3.8) is 0 Å². The second-order valence-electron chi connectivity index (χ2n) is 4.65. The number of oxime groups is 1. The van der Waals surface area contributed by atoms with Gasteiger partial charge in [0.2, 0.25) is 5.88 Å². The summed E-state index contributed by atoms with van der Waals surface area (Å²) < 4.78 is 19.9. The Morgan fingerprint density at radius 1 is 1.35 bits per heavy atom. The number of para-hydroxylation sites is 1. The first-order valence-corrected chi connectivity index (χ1v) is 6.86. The van der Waals surface area contributed by atoms with E-state index in [9.17, 15) is 4.39 Å². The molecule has 5 nitrogen and oxygen atoms in total. The summed E-state index contributed by atoms with van der Waals surface area (Å²) in [4.78, 5) is 4.76. The second-order valence-corrected chi connectivity index (χ2v) is 4.65. The van der Waals surface area contributed by atoms with Crippen LogP contribution in [0.1, 0.15) is 18.2 Å². The first kappa shape index (κ1) is 16.3. The zero-order chi connectivity index (χ0) is 16.7. The van der Waals surface area contributed by atoms with Crippen LogP contribution in [0.25, 0.3) is 0 Å². The number of aryl methyl sites for hydroxylation is 2. The average Bonchev–Trinajstić information content (AvgIpc) is 2.78. The molecular formula is C17H16FN3O2. The summed E-state index contributed by atoms with van der Waals surface area (Å²) in [6.07, 6.45) is 4.80. The molecule has 0 fully saturated rings. The number of aromatic nitrogens is 2. The maximum Gasteiger partial charge on any atom is 0.226 e. The van der Waals surface area contributed by atoms with Gasteiger partial charge in [-0.1, -0.05) is 23.4 Å². The Hall–Kier alpha value is -3.07. The van der Waals surface area contributed by atoms with Crippen LogP contribution < -0.4 is 4.74 Å². The molecule has 0 aliphatic carbocycles. The number of hydrogen-bond acceptors (Lipinski definition) is 4. The topological polar surface area (TPSA) is 48.6 Å². The van der Waals surface area contributed by atoms with Crippen molar-refractivity contribution >= 4 is 6.21 Å². The SMILES string of the molecule is CC(F)=CC#CON=Cc1c(C)nn(C)c1Oc1ccccc1. The molecular weight excluding hydrogens is 297 g/mol. The van der Waals surface area contributed by atoms with Gasteiger partial charge in [0.15, 0.2) is 6.11 Å². The lowest BCUT2D eigenvalue weighted by atomic mass is 10.3. The lowest BCUT2D eigenvalue weighted by Gasteiger charge is -2.06. The lowest BCUT2D eigenvalue weighted by Crippen LogP contribution is -1.96. The van der Waals surface area contributed by atoms with Crippen LogP contribution in [-0.4, -0.2) is 16.0 Å². The van der Waals surface area contributed by atoms with Crippen molar-refractivity contribution in [3.05, 3.63) is 53.5 Å². The van der Waals surface area contributed by atoms with Crippen molar-refractivity contribution in [3.8, 4) is 23.7 Å². The summed E-state index contributed by atoms with van der Waals surface area (Å²) in [5.74, 6) is 3.20. The Kier molecular flexibility index (Phi) is 5.53. The van der Waals surface area contributed by atoms with Gasteiger partial charge >= 0.3 is 0 Å². The summed E-state index contributed by atoms with van der Waals surface area (Å²) in [6, 6.07) is 9.36. The van der Waals surface area contributed by atoms with E-state index in [-0.39, 0.29) is 0 Å². The van der Waals surface area contributed by atoms with Crippen LogP contribution in [0.3, 0.4) is 0 Å². The molecule has 1 aromatic carbocycles. The van der Waals surface area contributed by atoms with Gasteiger partial charge in [0.1, 0.15) is 11.6 Å². The predicted molar refractivity (Wildman–Crippen MR) is 85.8 cm³/mol. The molecule has 0 bridgehead atoms. The van der Waals surface area contributed by atoms with Gasteiger partial charge < -0.3 is 9.57 Å². The van der Waals surface area contributed by atoms with Crippen LogP contribution in [0.15, 0.2) is 47.4 Å². The summed E-state index contributed by atoms with van der Waals surface area (Å²) in [5.41, 5.74) is 1.41. The number of halogens is 1. The number of nitrogens with zero attached hydrogens (tertiary/aromatic N) is 3. The molecule has 118 valence electrons. The van der Waals surface area contributed by atoms with Crippen LogP contribution in [0.2, 0.25) is 0 Å². The third-order valence-electron chi connectivity index (χ3n) is 2.78. The predicted octanol–water partition coefficient (Wildman–Crippen LogP) is 3.71. The normalized spacial score (nSPS) is 11.2. The highest BCUT2D eigenvalue weighted by molar-refractivity contribution is 5.84. The molecule has 6 heteroatoms. The van der Waals surface area contributed by atoms with E-state index in [1.165, 1.54) is 13.1 Å². The molecule has 0 aliphatic rings. The summed E-state index contributed by atoms with van der Waals surface area (Å²) in [5, 5.41) is 8.03. The van der Waals surface area contributed by atoms with Gasteiger partial charge in [0, 0.05) is 13.1 Å². The van der Waals surface area contributed by atoms with E-state index < -0.39 is 5.83 Å². The van der Waals surface area contributed by atoms with E-state index in [4.69, 9.17) is 9.57 Å². The maximum atomic E-state index is 12.4. The molecule has 0 saturated carbocycles. The molecule has 0 atom stereocenters. The molecule has 0 N–H and O–H groups in total. The quantitative estimate of drug-likeness (QED) is 0.491. The Morgan fingerprint density at radius 2 is 2.09 bits per heavy atom. The van der Waals surface area contributed by atoms with E-state index >= 15 is 0 Å². The van der Waals surface area contributed by atoms with Crippen molar-refractivity contribution in [2.24, 2.45) is 12.2 Å². The Balaban J connectivity index is 2.15. The molecule has 1 heterocycles. The lowest BCUT2D eigenvalue weighted by molar-refractivity contribution is 0.301. The molecule has 2 aromatic rings. The molecule has 0 amide bonds. The van der Waals surface area contributed by atoms with Gasteiger partial charge in [-0.05, 0) is 31.9 Å². The zero-order valence-electron chi connectivity index (χ0n) is 13.1. The van der Waals surface area contributed by atoms with Crippen molar-refractivity contribution in [1.82, 2.24) is 9.78 Å². The Morgan fingerprint density at radius 3 is 2.78 bits per heavy atom. The summed E-state index contributed by atoms with van der Waals surface area (Å²) in [6.45, 7) is 3.13. The van der Waals surface area contributed by atoms with Gasteiger partial charge in [0.25, 0.3) is 0 Å². The molecule has 23 heavy (non-hydrogen) atoms. The van der Waals surface area contributed by atoms with E-state index in [0.29, 0.717) is 17.2 Å². The summed E-state index contributed by atoms with van der Waals surface area (Å²) >= 11 is 0. The van der Waals surface area contributed by atoms with Crippen LogP contribution >= 0.6 is 0 Å². The Bertz CT molecular complexity index is 779. The molecule has 2 rings (SSSR count). The first-order chi connectivity index (χ1) is 11.1. The van der Waals surface area contributed by atoms with E-state index in [1.54, 1.807) is 11.7 Å². The van der Waals surface area contributed by atoms with E-state index in [0.717, 1.165) is 11.8 Å². The van der Waals surface area contributed by atoms with E-state index in [1.807, 2.05) is 37.3 Å². The van der Waals surface area contributed by atoms with Crippen molar-refractivity contribution < 1.29 is 14.0 Å². The smallest absolute Gasteiger partial charge is 0.226 e. The molecule has 0 saturated heterocycles. The van der Waals surface area contributed by atoms with Crippen molar-refractivity contribution in [1.29, 1.82) is 0 Å². The number of allylic oxidation sites excluding steroid dienone is 2. The van der Waals surface area contributed by atoms with Gasteiger partial charge in [-0.25, -0.2) is 9.07 Å². The highest BCUT2D eigenvalue weighted by atomic mass is 19.1. The largest absolute Gasteiger partial charge is 0.439 e. The molecule has 0 radical (unpaired) electrons. The van der Waals surface area contributed by atoms with Gasteiger partial charge in [0.05, 0.1) is 17.5 Å². The summed E-state index contributed by atoms with van der Waals surface area (Å²) in [7, 11) is 1.78. The standard InChI is InChI=1S/C17H16FN3O2/c1-13(18)8-7-11-22-19-12-16-14(2)20-21(3)17(16)23-15-9-5-4-6-10-15/h4-6,8-10,12H,1-3H3. The van der Waals surface area contributed by atoms with Crippen molar-refractivity contribution in [2.75, 3.05) is 0 Å². The minimum absolute atomic E-state index is 0.397. The number of rotatable bonds is 4. The fraction of sp³-hybridized carbons (Fsp3) is 0.176.